The van der Waals surface area contributed by atoms with Crippen LogP contribution in [0.4, 0.5) is 0 Å². The monoisotopic (exact) mass is 592 g/mol. The largest absolute Gasteiger partial charge is 0.478 e. The van der Waals surface area contributed by atoms with Crippen molar-refractivity contribution in [2.75, 3.05) is 6.54 Å². The summed E-state index contributed by atoms with van der Waals surface area (Å²) in [5.41, 5.74) is 0.886. The predicted molar refractivity (Wildman–Crippen MR) is 181 cm³/mol. The number of hydrogen-bond donors (Lipinski definition) is 0. The summed E-state index contributed by atoms with van der Waals surface area (Å²) in [7, 11) is -2.63. The van der Waals surface area contributed by atoms with Crippen LogP contribution in [0, 0.1) is 11.8 Å². The SMILES string of the molecule is C=CCN1C(=O)[C@H](Oc2ccccc2)[C@@H]1[C@H](C#Cc1ccccc1)N=P(c1ccccc1)(c1ccccc1)c1ccccc1. The Morgan fingerprint density at radius 2 is 1.18 bits per heavy atom. The number of amides is 1. The minimum Gasteiger partial charge on any atom is -0.478 e. The molecule has 1 amide bonds. The number of carbonyl (C=O) groups is 1. The number of ether oxygens (including phenoxy) is 1. The van der Waals surface area contributed by atoms with Crippen molar-refractivity contribution in [3.05, 3.63) is 170 Å². The smallest absolute Gasteiger partial charge is 0.266 e. The van der Waals surface area contributed by atoms with E-state index in [-0.39, 0.29) is 5.91 Å². The Hall–Kier alpha value is -5.10. The first kappa shape index (κ1) is 29.0. The van der Waals surface area contributed by atoms with Crippen LogP contribution in [0.1, 0.15) is 5.56 Å². The van der Waals surface area contributed by atoms with Crippen molar-refractivity contribution in [1.82, 2.24) is 4.90 Å². The van der Waals surface area contributed by atoms with E-state index in [2.05, 4.69) is 91.2 Å². The van der Waals surface area contributed by atoms with Gasteiger partial charge in [-0.05, 0) is 24.3 Å². The molecule has 0 bridgehead atoms. The summed E-state index contributed by atoms with van der Waals surface area (Å²) in [6, 6.07) is 49.8. The third kappa shape index (κ3) is 5.88. The number of likely N-dealkylation sites (tertiary alicyclic amines) is 1. The molecule has 5 heteroatoms. The van der Waals surface area contributed by atoms with Crippen molar-refractivity contribution in [2.45, 2.75) is 18.2 Å². The molecule has 5 aromatic carbocycles. The molecule has 1 aliphatic heterocycles. The molecule has 1 aliphatic rings. The lowest BCUT2D eigenvalue weighted by atomic mass is 9.91. The zero-order valence-electron chi connectivity index (χ0n) is 24.3. The van der Waals surface area contributed by atoms with Crippen LogP contribution in [0.2, 0.25) is 0 Å². The molecule has 4 nitrogen and oxygen atoms in total. The first-order valence-electron chi connectivity index (χ1n) is 14.7. The van der Waals surface area contributed by atoms with Gasteiger partial charge in [0.1, 0.15) is 17.8 Å². The van der Waals surface area contributed by atoms with Gasteiger partial charge < -0.3 is 9.64 Å². The van der Waals surface area contributed by atoms with Gasteiger partial charge in [-0.2, -0.15) is 0 Å². The Labute approximate surface area is 259 Å². The van der Waals surface area contributed by atoms with Gasteiger partial charge in [-0.3, -0.25) is 9.54 Å². The van der Waals surface area contributed by atoms with Gasteiger partial charge in [0.05, 0.1) is 7.05 Å². The van der Waals surface area contributed by atoms with E-state index >= 15 is 0 Å². The summed E-state index contributed by atoms with van der Waals surface area (Å²) in [5, 5.41) is 3.35. The minimum absolute atomic E-state index is 0.0940. The number of carbonyl (C=O) groups excluding carboxylic acids is 1. The maximum Gasteiger partial charge on any atom is 0.266 e. The van der Waals surface area contributed by atoms with Crippen LogP contribution < -0.4 is 20.7 Å². The second-order valence-electron chi connectivity index (χ2n) is 10.5. The molecule has 0 radical (unpaired) electrons. The molecule has 0 spiro atoms. The summed E-state index contributed by atoms with van der Waals surface area (Å²) >= 11 is 0. The number of benzene rings is 5. The van der Waals surface area contributed by atoms with Gasteiger partial charge in [-0.1, -0.05) is 145 Å². The Kier molecular flexibility index (Phi) is 8.87. The quantitative estimate of drug-likeness (QED) is 0.0857. The van der Waals surface area contributed by atoms with E-state index in [1.165, 1.54) is 0 Å². The van der Waals surface area contributed by atoms with E-state index in [9.17, 15) is 4.79 Å². The highest BCUT2D eigenvalue weighted by atomic mass is 31.2. The maximum atomic E-state index is 13.6. The fourth-order valence-corrected chi connectivity index (χ4v) is 9.29. The zero-order valence-corrected chi connectivity index (χ0v) is 25.2. The topological polar surface area (TPSA) is 41.9 Å². The Morgan fingerprint density at radius 1 is 0.727 bits per heavy atom. The van der Waals surface area contributed by atoms with Crippen molar-refractivity contribution in [1.29, 1.82) is 0 Å². The summed E-state index contributed by atoms with van der Waals surface area (Å²) in [4.78, 5) is 15.4. The van der Waals surface area contributed by atoms with Crippen molar-refractivity contribution in [3.63, 3.8) is 0 Å². The fourth-order valence-electron chi connectivity index (χ4n) is 5.62. The lowest BCUT2D eigenvalue weighted by Crippen LogP contribution is -2.70. The van der Waals surface area contributed by atoms with Gasteiger partial charge in [-0.25, -0.2) is 0 Å². The summed E-state index contributed by atoms with van der Waals surface area (Å²) in [5.74, 6) is 7.46. The standard InChI is InChI=1S/C39H33N2O2P/c1-2-30-41-37(38(39(41)42)43-32-20-10-4-11-21-32)36(29-28-31-18-8-3-9-19-31)40-44(33-22-12-5-13-23-33,34-24-14-6-15-25-34)35-26-16-7-17-27-35/h2-27,36-38H,1,30H2/t36-,37-,38+/m0/s1. The third-order valence-electron chi connectivity index (χ3n) is 7.68. The highest BCUT2D eigenvalue weighted by Crippen LogP contribution is 2.48. The molecule has 0 aliphatic carbocycles. The lowest BCUT2D eigenvalue weighted by Gasteiger charge is -2.48. The van der Waals surface area contributed by atoms with Crippen molar-refractivity contribution < 1.29 is 9.53 Å². The third-order valence-corrected chi connectivity index (χ3v) is 11.4. The maximum absolute atomic E-state index is 13.6. The molecular weight excluding hydrogens is 559 g/mol. The highest BCUT2D eigenvalue weighted by Gasteiger charge is 2.53. The van der Waals surface area contributed by atoms with E-state index in [4.69, 9.17) is 9.48 Å². The summed E-state index contributed by atoms with van der Waals surface area (Å²) in [6.45, 7) is 4.32. The Balaban J connectivity index is 1.62. The summed E-state index contributed by atoms with van der Waals surface area (Å²) < 4.78 is 12.2. The van der Waals surface area contributed by atoms with Crippen LogP contribution in [0.3, 0.4) is 0 Å². The van der Waals surface area contributed by atoms with Gasteiger partial charge in [-0.15, -0.1) is 6.58 Å². The van der Waals surface area contributed by atoms with Gasteiger partial charge in [0.15, 0.2) is 0 Å². The molecule has 0 aromatic heterocycles. The summed E-state index contributed by atoms with van der Waals surface area (Å²) in [6.07, 6.45) is 1.01. The number of nitrogens with zero attached hydrogens (tertiary/aromatic N) is 2. The second-order valence-corrected chi connectivity index (χ2v) is 13.5. The van der Waals surface area contributed by atoms with Crippen LogP contribution in [0.25, 0.3) is 0 Å². The fraction of sp³-hybridized carbons (Fsp3) is 0.103. The molecule has 1 fully saturated rings. The van der Waals surface area contributed by atoms with E-state index in [0.29, 0.717) is 12.3 Å². The number of rotatable bonds is 9. The molecule has 1 saturated heterocycles. The number of β-lactam (4-membered cyclic amide) rings is 1. The lowest BCUT2D eigenvalue weighted by molar-refractivity contribution is -0.162. The van der Waals surface area contributed by atoms with Crippen LogP contribution in [0.5, 0.6) is 5.75 Å². The average Bonchev–Trinajstić information content (AvgIpc) is 3.10. The van der Waals surface area contributed by atoms with Gasteiger partial charge in [0.2, 0.25) is 6.10 Å². The van der Waals surface area contributed by atoms with E-state index < -0.39 is 25.2 Å². The van der Waals surface area contributed by atoms with Crippen LogP contribution in [0.15, 0.2) is 169 Å². The molecule has 0 saturated carbocycles. The molecule has 0 N–H and O–H groups in total. The zero-order chi connectivity index (χ0) is 30.2. The van der Waals surface area contributed by atoms with E-state index in [0.717, 1.165) is 21.5 Å². The van der Waals surface area contributed by atoms with Crippen LogP contribution in [-0.4, -0.2) is 35.5 Å². The van der Waals surface area contributed by atoms with Gasteiger partial charge in [0.25, 0.3) is 5.91 Å². The van der Waals surface area contributed by atoms with Crippen LogP contribution >= 0.6 is 7.05 Å². The van der Waals surface area contributed by atoms with Gasteiger partial charge >= 0.3 is 0 Å². The molecule has 5 aromatic rings. The molecule has 1 heterocycles. The Morgan fingerprint density at radius 3 is 1.66 bits per heavy atom. The molecule has 44 heavy (non-hydrogen) atoms. The molecular formula is C39H33N2O2P. The molecule has 3 atom stereocenters. The second kappa shape index (κ2) is 13.5. The minimum atomic E-state index is -2.63. The molecule has 216 valence electrons. The normalized spacial score (nSPS) is 16.5. The molecule has 6 rings (SSSR count). The van der Waals surface area contributed by atoms with Crippen molar-refractivity contribution in [2.24, 2.45) is 4.74 Å². The average molecular weight is 593 g/mol. The highest BCUT2D eigenvalue weighted by molar-refractivity contribution is 7.87. The van der Waals surface area contributed by atoms with Gasteiger partial charge in [0, 0.05) is 28.0 Å². The number of hydrogen-bond acceptors (Lipinski definition) is 3. The van der Waals surface area contributed by atoms with Crippen molar-refractivity contribution in [3.8, 4) is 17.6 Å². The van der Waals surface area contributed by atoms with E-state index in [1.54, 1.807) is 11.0 Å². The predicted octanol–water partition coefficient (Wildman–Crippen LogP) is 6.43. The first-order chi connectivity index (χ1) is 21.7. The van der Waals surface area contributed by atoms with Crippen molar-refractivity contribution >= 4 is 28.9 Å². The Bertz CT molecular complexity index is 1710. The first-order valence-corrected chi connectivity index (χ1v) is 16.4. The van der Waals surface area contributed by atoms with Crippen LogP contribution in [-0.2, 0) is 4.79 Å². The van der Waals surface area contributed by atoms with E-state index in [1.807, 2.05) is 78.9 Å². The number of para-hydroxylation sites is 1. The molecule has 0 unspecified atom stereocenters.